The summed E-state index contributed by atoms with van der Waals surface area (Å²) in [7, 11) is 0. The number of hydrogen-bond acceptors (Lipinski definition) is 9. The van der Waals surface area contributed by atoms with Crippen molar-refractivity contribution in [3.05, 3.63) is 92.9 Å². The van der Waals surface area contributed by atoms with Gasteiger partial charge in [-0.05, 0) is 65.4 Å². The van der Waals surface area contributed by atoms with Gasteiger partial charge in [-0.2, -0.15) is 0 Å². The van der Waals surface area contributed by atoms with Crippen LogP contribution >= 0.6 is 11.8 Å². The molecule has 2 aliphatic rings. The summed E-state index contributed by atoms with van der Waals surface area (Å²) in [4.78, 5) is 49.2. The predicted molar refractivity (Wildman–Crippen MR) is 143 cm³/mol. The summed E-state index contributed by atoms with van der Waals surface area (Å²) in [6.45, 7) is 0.662. The summed E-state index contributed by atoms with van der Waals surface area (Å²) in [5, 5.41) is 12.9. The number of nitrogens with zero attached hydrogens (tertiary/aromatic N) is 2. The van der Waals surface area contributed by atoms with Crippen LogP contribution in [-0.4, -0.2) is 46.6 Å². The van der Waals surface area contributed by atoms with Gasteiger partial charge < -0.3 is 19.5 Å². The number of nitro benzene ring substituents is 1. The number of rotatable bonds is 8. The summed E-state index contributed by atoms with van der Waals surface area (Å²) < 4.78 is 16.7. The molecule has 1 fully saturated rings. The largest absolute Gasteiger partial charge is 0.489 e. The molecule has 3 aromatic carbocycles. The number of nitro groups is 1. The first-order valence-corrected chi connectivity index (χ1v) is 12.6. The fourth-order valence-corrected chi connectivity index (χ4v) is 4.63. The molecule has 2 aliphatic heterocycles. The maximum absolute atomic E-state index is 12.8. The first-order valence-electron chi connectivity index (χ1n) is 11.8. The molecule has 0 bridgehead atoms. The highest BCUT2D eigenvalue weighted by molar-refractivity contribution is 8.18. The van der Waals surface area contributed by atoms with Crippen LogP contribution in [0.3, 0.4) is 0 Å². The number of ether oxygens (including phenoxy) is 3. The van der Waals surface area contributed by atoms with E-state index in [-0.39, 0.29) is 17.2 Å². The molecular formula is C27H21N3O8S. The number of carbonyl (C=O) groups excluding carboxylic acids is 3. The molecule has 0 atom stereocenters. The van der Waals surface area contributed by atoms with Crippen molar-refractivity contribution in [3.63, 3.8) is 0 Å². The monoisotopic (exact) mass is 547 g/mol. The molecule has 0 unspecified atom stereocenters. The highest BCUT2D eigenvalue weighted by atomic mass is 32.2. The van der Waals surface area contributed by atoms with Crippen LogP contribution in [-0.2, 0) is 16.2 Å². The van der Waals surface area contributed by atoms with Crippen molar-refractivity contribution in [1.82, 2.24) is 4.90 Å². The van der Waals surface area contributed by atoms with Gasteiger partial charge in [-0.25, -0.2) is 0 Å². The number of hydrogen-bond donors (Lipinski definition) is 1. The van der Waals surface area contributed by atoms with Crippen molar-refractivity contribution in [2.75, 3.05) is 25.1 Å². The summed E-state index contributed by atoms with van der Waals surface area (Å²) in [5.74, 6) is 0.579. The number of amides is 3. The second kappa shape index (κ2) is 11.3. The van der Waals surface area contributed by atoms with Crippen molar-refractivity contribution in [3.8, 4) is 17.2 Å². The van der Waals surface area contributed by atoms with Gasteiger partial charge in [0.25, 0.3) is 16.8 Å². The van der Waals surface area contributed by atoms with Gasteiger partial charge >= 0.3 is 0 Å². The summed E-state index contributed by atoms with van der Waals surface area (Å²) in [6, 6.07) is 17.9. The molecule has 3 aromatic rings. The van der Waals surface area contributed by atoms with E-state index in [1.165, 1.54) is 12.1 Å². The van der Waals surface area contributed by atoms with Gasteiger partial charge in [0.1, 0.15) is 32.1 Å². The molecule has 39 heavy (non-hydrogen) atoms. The van der Waals surface area contributed by atoms with Gasteiger partial charge in [0.2, 0.25) is 5.91 Å². The van der Waals surface area contributed by atoms with E-state index in [1.807, 2.05) is 0 Å². The molecule has 0 spiro atoms. The van der Waals surface area contributed by atoms with Crippen LogP contribution in [0.25, 0.3) is 6.08 Å². The van der Waals surface area contributed by atoms with Crippen LogP contribution in [0.4, 0.5) is 16.2 Å². The van der Waals surface area contributed by atoms with Gasteiger partial charge in [0.15, 0.2) is 11.5 Å². The van der Waals surface area contributed by atoms with Crippen molar-refractivity contribution >= 4 is 46.3 Å². The van der Waals surface area contributed by atoms with Gasteiger partial charge in [-0.3, -0.25) is 29.4 Å². The molecule has 12 heteroatoms. The minimum atomic E-state index is -0.555. The van der Waals surface area contributed by atoms with E-state index in [4.69, 9.17) is 14.2 Å². The lowest BCUT2D eigenvalue weighted by molar-refractivity contribution is -0.384. The lowest BCUT2D eigenvalue weighted by Crippen LogP contribution is -2.36. The molecule has 0 radical (unpaired) electrons. The van der Waals surface area contributed by atoms with E-state index in [9.17, 15) is 24.5 Å². The van der Waals surface area contributed by atoms with Crippen molar-refractivity contribution < 1.29 is 33.5 Å². The Morgan fingerprint density at radius 1 is 1.03 bits per heavy atom. The van der Waals surface area contributed by atoms with Crippen molar-refractivity contribution in [2.24, 2.45) is 0 Å². The number of anilines is 1. The minimum absolute atomic E-state index is 0.00758. The predicted octanol–water partition coefficient (Wildman–Crippen LogP) is 4.62. The fraction of sp³-hybridized carbons (Fsp3) is 0.148. The third-order valence-electron chi connectivity index (χ3n) is 5.73. The van der Waals surface area contributed by atoms with E-state index < -0.39 is 28.5 Å². The number of carbonyl (C=O) groups is 3. The number of benzene rings is 3. The molecule has 0 aliphatic carbocycles. The first kappa shape index (κ1) is 25.8. The Bertz CT molecular complexity index is 1470. The van der Waals surface area contributed by atoms with Crippen LogP contribution in [0.2, 0.25) is 0 Å². The number of fused-ring (bicyclic) bond motifs is 1. The van der Waals surface area contributed by atoms with Crippen LogP contribution in [0.5, 0.6) is 17.2 Å². The maximum atomic E-state index is 12.8. The van der Waals surface area contributed by atoms with E-state index in [0.717, 1.165) is 22.2 Å². The van der Waals surface area contributed by atoms with E-state index in [2.05, 4.69) is 5.32 Å². The maximum Gasteiger partial charge on any atom is 0.294 e. The van der Waals surface area contributed by atoms with Crippen LogP contribution in [0, 0.1) is 10.1 Å². The summed E-state index contributed by atoms with van der Waals surface area (Å²) in [6.07, 6.45) is 1.57. The van der Waals surface area contributed by atoms with Gasteiger partial charge in [-0.1, -0.05) is 12.1 Å². The standard InChI is InChI=1S/C27H21N3O8S/c31-25(28-19-5-10-22-23(14-19)37-12-11-36-22)15-29-26(32)24(39-27(29)33)13-17-3-8-21(9-4-17)38-16-18-1-6-20(7-2-18)30(34)35/h1-10,13-14H,11-12,15-16H2,(H,28,31)/b24-13+. The molecule has 0 saturated carbocycles. The smallest absolute Gasteiger partial charge is 0.294 e. The molecule has 11 nitrogen and oxygen atoms in total. The number of non-ortho nitro benzene ring substituents is 1. The Labute approximate surface area is 226 Å². The zero-order valence-corrected chi connectivity index (χ0v) is 21.1. The zero-order valence-electron chi connectivity index (χ0n) is 20.3. The summed E-state index contributed by atoms with van der Waals surface area (Å²) >= 11 is 0.761. The molecule has 0 aromatic heterocycles. The second-order valence-electron chi connectivity index (χ2n) is 8.46. The fourth-order valence-electron chi connectivity index (χ4n) is 3.79. The molecular weight excluding hydrogens is 526 g/mol. The second-order valence-corrected chi connectivity index (χ2v) is 9.45. The Morgan fingerprint density at radius 3 is 2.46 bits per heavy atom. The Hall–Kier alpha value is -4.84. The lowest BCUT2D eigenvalue weighted by atomic mass is 10.2. The first-order chi connectivity index (χ1) is 18.9. The molecule has 198 valence electrons. The third-order valence-corrected chi connectivity index (χ3v) is 6.64. The molecule has 5 rings (SSSR count). The SMILES string of the molecule is O=C(CN1C(=O)S/C(=C/c2ccc(OCc3ccc([N+](=O)[O-])cc3)cc2)C1=O)Nc1ccc2c(c1)OCCO2. The van der Waals surface area contributed by atoms with Crippen molar-refractivity contribution in [1.29, 1.82) is 0 Å². The van der Waals surface area contributed by atoms with E-state index >= 15 is 0 Å². The molecule has 3 amide bonds. The van der Waals surface area contributed by atoms with Crippen LogP contribution in [0.15, 0.2) is 71.6 Å². The number of thioether (sulfide) groups is 1. The number of nitrogens with one attached hydrogen (secondary N) is 1. The topological polar surface area (TPSA) is 137 Å². The van der Waals surface area contributed by atoms with Crippen molar-refractivity contribution in [2.45, 2.75) is 6.61 Å². The highest BCUT2D eigenvalue weighted by Gasteiger charge is 2.36. The number of imide groups is 1. The Balaban J connectivity index is 1.16. The Kier molecular flexibility index (Phi) is 7.46. The van der Waals surface area contributed by atoms with Crippen LogP contribution < -0.4 is 19.5 Å². The zero-order chi connectivity index (χ0) is 27.4. The average molecular weight is 548 g/mol. The van der Waals surface area contributed by atoms with E-state index in [1.54, 1.807) is 60.7 Å². The van der Waals surface area contributed by atoms with Crippen LogP contribution in [0.1, 0.15) is 11.1 Å². The summed E-state index contributed by atoms with van der Waals surface area (Å²) in [5.41, 5.74) is 1.91. The normalized spacial score (nSPS) is 15.4. The molecule has 2 heterocycles. The quantitative estimate of drug-likeness (QED) is 0.243. The highest BCUT2D eigenvalue weighted by Crippen LogP contribution is 2.34. The average Bonchev–Trinajstić information content (AvgIpc) is 3.20. The van der Waals surface area contributed by atoms with Gasteiger partial charge in [0, 0.05) is 23.9 Å². The van der Waals surface area contributed by atoms with E-state index in [0.29, 0.717) is 41.7 Å². The molecule has 1 saturated heterocycles. The Morgan fingerprint density at radius 2 is 1.74 bits per heavy atom. The third kappa shape index (κ3) is 6.18. The minimum Gasteiger partial charge on any atom is -0.489 e. The molecule has 1 N–H and O–H groups in total. The van der Waals surface area contributed by atoms with Gasteiger partial charge in [0.05, 0.1) is 9.83 Å². The lowest BCUT2D eigenvalue weighted by Gasteiger charge is -2.19. The van der Waals surface area contributed by atoms with Gasteiger partial charge in [-0.15, -0.1) is 0 Å².